The van der Waals surface area contributed by atoms with Gasteiger partial charge in [0.15, 0.2) is 0 Å². The third-order valence-corrected chi connectivity index (χ3v) is 4.08. The minimum Gasteiger partial charge on any atom is -0.465 e. The number of anilines is 1. The minimum atomic E-state index is -0.706. The van der Waals surface area contributed by atoms with Crippen molar-refractivity contribution in [2.24, 2.45) is 0 Å². The maximum atomic E-state index is 14.0. The van der Waals surface area contributed by atoms with Crippen molar-refractivity contribution in [3.05, 3.63) is 82.6 Å². The first-order valence-corrected chi connectivity index (χ1v) is 7.80. The molecule has 1 amide bonds. The number of carbonyl (C=O) groups excluding carboxylic acids is 2. The summed E-state index contributed by atoms with van der Waals surface area (Å²) in [7, 11) is 1.20. The average molecular weight is 355 g/mol. The fourth-order valence-electron chi connectivity index (χ4n) is 2.83. The van der Waals surface area contributed by atoms with Gasteiger partial charge in [-0.1, -0.05) is 18.2 Å². The molecule has 132 valence electrons. The van der Waals surface area contributed by atoms with Gasteiger partial charge in [-0.25, -0.2) is 13.6 Å². The summed E-state index contributed by atoms with van der Waals surface area (Å²) >= 11 is 0. The van der Waals surface area contributed by atoms with Gasteiger partial charge in [-0.05, 0) is 43.3 Å². The van der Waals surface area contributed by atoms with Crippen LogP contribution in [0.5, 0.6) is 0 Å². The van der Waals surface area contributed by atoms with Gasteiger partial charge in [0.05, 0.1) is 18.3 Å². The van der Waals surface area contributed by atoms with Crippen molar-refractivity contribution in [2.45, 2.75) is 6.92 Å². The largest absolute Gasteiger partial charge is 0.465 e. The summed E-state index contributed by atoms with van der Waals surface area (Å²) in [5.74, 6) is -2.19. The fraction of sp³-hybridized carbons (Fsp3) is 0.100. The van der Waals surface area contributed by atoms with E-state index in [1.165, 1.54) is 60.6 Å². The van der Waals surface area contributed by atoms with E-state index in [4.69, 9.17) is 4.74 Å². The molecule has 0 N–H and O–H groups in total. The minimum absolute atomic E-state index is 0.0174. The number of ether oxygens (including phenoxy) is 1. The first kappa shape index (κ1) is 17.5. The van der Waals surface area contributed by atoms with Crippen LogP contribution >= 0.6 is 0 Å². The van der Waals surface area contributed by atoms with Crippen molar-refractivity contribution in [3.8, 4) is 0 Å². The lowest BCUT2D eigenvalue weighted by atomic mass is 10.0. The first-order valence-electron chi connectivity index (χ1n) is 7.80. The molecule has 2 aromatic rings. The summed E-state index contributed by atoms with van der Waals surface area (Å²) in [6, 6.07) is 11.2. The quantitative estimate of drug-likeness (QED) is 0.621. The predicted octanol–water partition coefficient (Wildman–Crippen LogP) is 3.84. The van der Waals surface area contributed by atoms with Crippen molar-refractivity contribution in [1.82, 2.24) is 0 Å². The van der Waals surface area contributed by atoms with Gasteiger partial charge in [-0.15, -0.1) is 0 Å². The van der Waals surface area contributed by atoms with Gasteiger partial charge < -0.3 is 4.74 Å². The number of hydrogen-bond acceptors (Lipinski definition) is 3. The molecule has 0 aromatic heterocycles. The monoisotopic (exact) mass is 355 g/mol. The number of esters is 1. The average Bonchev–Trinajstić information content (AvgIpc) is 2.87. The van der Waals surface area contributed by atoms with Crippen molar-refractivity contribution in [1.29, 1.82) is 0 Å². The summed E-state index contributed by atoms with van der Waals surface area (Å²) < 4.78 is 32.0. The Balaban J connectivity index is 2.15. The Hall–Kier alpha value is -3.28. The van der Waals surface area contributed by atoms with E-state index in [2.05, 4.69) is 0 Å². The molecule has 0 saturated heterocycles. The topological polar surface area (TPSA) is 46.6 Å². The molecule has 1 heterocycles. The maximum Gasteiger partial charge on any atom is 0.340 e. The molecule has 0 bridgehead atoms. The van der Waals surface area contributed by atoms with Gasteiger partial charge in [0.2, 0.25) is 0 Å². The zero-order valence-corrected chi connectivity index (χ0v) is 14.1. The molecule has 6 heteroatoms. The van der Waals surface area contributed by atoms with E-state index in [1.807, 2.05) is 0 Å². The number of methoxy groups -OCH3 is 1. The lowest BCUT2D eigenvalue weighted by molar-refractivity contribution is -0.136. The van der Waals surface area contributed by atoms with E-state index in [9.17, 15) is 18.4 Å². The SMILES string of the molecule is COC(=O)C1=C(C)N(c2ccc(F)cc2)C(=O)C1=Cc1ccccc1F. The van der Waals surface area contributed by atoms with Crippen LogP contribution in [0.15, 0.2) is 65.4 Å². The molecule has 0 aliphatic carbocycles. The third kappa shape index (κ3) is 3.01. The molecule has 0 atom stereocenters. The Labute approximate surface area is 149 Å². The van der Waals surface area contributed by atoms with Gasteiger partial charge in [-0.3, -0.25) is 9.69 Å². The van der Waals surface area contributed by atoms with E-state index >= 15 is 0 Å². The molecular formula is C20H15F2NO3. The Morgan fingerprint density at radius 2 is 1.73 bits per heavy atom. The molecule has 2 aromatic carbocycles. The van der Waals surface area contributed by atoms with Crippen molar-refractivity contribution < 1.29 is 23.1 Å². The lowest BCUT2D eigenvalue weighted by Gasteiger charge is -2.17. The Bertz CT molecular complexity index is 946. The fourth-order valence-corrected chi connectivity index (χ4v) is 2.83. The lowest BCUT2D eigenvalue weighted by Crippen LogP contribution is -2.24. The second-order valence-corrected chi connectivity index (χ2v) is 5.65. The number of allylic oxidation sites excluding steroid dienone is 1. The summed E-state index contributed by atoms with van der Waals surface area (Å²) in [6.45, 7) is 1.58. The number of rotatable bonds is 3. The van der Waals surface area contributed by atoms with E-state index in [1.54, 1.807) is 13.0 Å². The summed E-state index contributed by atoms with van der Waals surface area (Å²) in [5.41, 5.74) is 0.961. The number of amides is 1. The van der Waals surface area contributed by atoms with Crippen LogP contribution in [0.3, 0.4) is 0 Å². The van der Waals surface area contributed by atoms with E-state index in [0.29, 0.717) is 11.4 Å². The molecule has 0 unspecified atom stereocenters. The predicted molar refractivity (Wildman–Crippen MR) is 93.0 cm³/mol. The maximum absolute atomic E-state index is 14.0. The molecule has 3 rings (SSSR count). The number of halogens is 2. The number of hydrogen-bond donors (Lipinski definition) is 0. The van der Waals surface area contributed by atoms with Crippen LogP contribution in [0.2, 0.25) is 0 Å². The molecule has 0 fully saturated rings. The molecule has 1 aliphatic rings. The second kappa shape index (κ2) is 6.92. The van der Waals surface area contributed by atoms with Gasteiger partial charge in [0.1, 0.15) is 11.6 Å². The van der Waals surface area contributed by atoms with Crippen molar-refractivity contribution in [2.75, 3.05) is 12.0 Å². The zero-order valence-electron chi connectivity index (χ0n) is 14.1. The van der Waals surface area contributed by atoms with Crippen LogP contribution in [0, 0.1) is 11.6 Å². The number of nitrogens with zero attached hydrogens (tertiary/aromatic N) is 1. The molecule has 26 heavy (non-hydrogen) atoms. The van der Waals surface area contributed by atoms with Crippen molar-refractivity contribution >= 4 is 23.6 Å². The van der Waals surface area contributed by atoms with Gasteiger partial charge in [0, 0.05) is 16.9 Å². The van der Waals surface area contributed by atoms with Crippen LogP contribution < -0.4 is 4.90 Å². The Morgan fingerprint density at radius 1 is 1.08 bits per heavy atom. The molecule has 0 saturated carbocycles. The van der Waals surface area contributed by atoms with Gasteiger partial charge in [-0.2, -0.15) is 0 Å². The summed E-state index contributed by atoms with van der Waals surface area (Å²) in [5, 5.41) is 0. The van der Waals surface area contributed by atoms with E-state index in [-0.39, 0.29) is 16.7 Å². The Morgan fingerprint density at radius 3 is 2.35 bits per heavy atom. The van der Waals surface area contributed by atoms with Crippen LogP contribution in [0.4, 0.5) is 14.5 Å². The molecule has 1 aliphatic heterocycles. The highest BCUT2D eigenvalue weighted by Gasteiger charge is 2.38. The smallest absolute Gasteiger partial charge is 0.340 e. The summed E-state index contributed by atoms with van der Waals surface area (Å²) in [4.78, 5) is 26.4. The molecule has 4 nitrogen and oxygen atoms in total. The van der Waals surface area contributed by atoms with Crippen LogP contribution in [-0.2, 0) is 14.3 Å². The number of carbonyl (C=O) groups is 2. The normalized spacial score (nSPS) is 15.8. The molecular weight excluding hydrogens is 340 g/mol. The second-order valence-electron chi connectivity index (χ2n) is 5.65. The highest BCUT2D eigenvalue weighted by Crippen LogP contribution is 2.35. The zero-order chi connectivity index (χ0) is 18.8. The Kier molecular flexibility index (Phi) is 4.67. The van der Waals surface area contributed by atoms with Crippen LogP contribution in [0.25, 0.3) is 6.08 Å². The van der Waals surface area contributed by atoms with Crippen LogP contribution in [-0.4, -0.2) is 19.0 Å². The standard InChI is InChI=1S/C20H15F2NO3/c1-12-18(20(25)26-2)16(11-13-5-3-4-6-17(13)22)19(24)23(12)15-9-7-14(21)8-10-15/h3-11H,1-2H3. The van der Waals surface area contributed by atoms with Crippen LogP contribution in [0.1, 0.15) is 12.5 Å². The number of benzene rings is 2. The molecule has 0 spiro atoms. The van der Waals surface area contributed by atoms with E-state index < -0.39 is 23.5 Å². The third-order valence-electron chi connectivity index (χ3n) is 4.08. The van der Waals surface area contributed by atoms with Gasteiger partial charge >= 0.3 is 5.97 Å². The van der Waals surface area contributed by atoms with Crippen molar-refractivity contribution in [3.63, 3.8) is 0 Å². The van der Waals surface area contributed by atoms with Gasteiger partial charge in [0.25, 0.3) is 5.91 Å². The molecule has 0 radical (unpaired) electrons. The first-order chi connectivity index (χ1) is 12.4. The van der Waals surface area contributed by atoms with E-state index in [0.717, 1.165) is 0 Å². The highest BCUT2D eigenvalue weighted by atomic mass is 19.1. The summed E-state index contributed by atoms with van der Waals surface area (Å²) in [6.07, 6.45) is 1.32. The highest BCUT2D eigenvalue weighted by molar-refractivity contribution is 6.23.